The summed E-state index contributed by atoms with van der Waals surface area (Å²) >= 11 is 0. The van der Waals surface area contributed by atoms with Crippen molar-refractivity contribution < 1.29 is 9.53 Å². The van der Waals surface area contributed by atoms with Gasteiger partial charge in [-0.25, -0.2) is 4.98 Å². The highest BCUT2D eigenvalue weighted by Crippen LogP contribution is 2.21. The van der Waals surface area contributed by atoms with Crippen LogP contribution in [0.15, 0.2) is 41.3 Å². The number of hydrogen-bond donors (Lipinski definition) is 1. The Morgan fingerprint density at radius 3 is 2.75 bits per heavy atom. The second-order valence-electron chi connectivity index (χ2n) is 6.37. The zero-order chi connectivity index (χ0) is 19.8. The number of rotatable bonds is 4. The molecule has 4 aromatic rings. The number of ether oxygens (including phenoxy) is 1. The number of amides is 1. The molecule has 0 unspecified atom stereocenters. The predicted molar refractivity (Wildman–Crippen MR) is 104 cm³/mol. The number of pyridine rings is 1. The lowest BCUT2D eigenvalue weighted by Crippen LogP contribution is -2.30. The van der Waals surface area contributed by atoms with E-state index >= 15 is 0 Å². The molecule has 0 saturated carbocycles. The van der Waals surface area contributed by atoms with Crippen LogP contribution in [0, 0.1) is 13.8 Å². The van der Waals surface area contributed by atoms with E-state index in [0.717, 1.165) is 5.56 Å². The molecule has 28 heavy (non-hydrogen) atoms. The lowest BCUT2D eigenvalue weighted by Gasteiger charge is -2.13. The first-order chi connectivity index (χ1) is 13.5. The molecular weight excluding hydrogens is 360 g/mol. The molecule has 0 spiro atoms. The van der Waals surface area contributed by atoms with E-state index in [0.29, 0.717) is 28.4 Å². The van der Waals surface area contributed by atoms with Crippen molar-refractivity contribution in [2.75, 3.05) is 12.4 Å². The first-order valence-corrected chi connectivity index (χ1v) is 8.63. The van der Waals surface area contributed by atoms with E-state index in [1.807, 2.05) is 13.0 Å². The molecule has 0 radical (unpaired) electrons. The predicted octanol–water partition coefficient (Wildman–Crippen LogP) is 1.70. The Labute approximate surface area is 159 Å². The first-order valence-electron chi connectivity index (χ1n) is 8.63. The molecule has 0 fully saturated rings. The molecule has 3 aromatic heterocycles. The van der Waals surface area contributed by atoms with Crippen LogP contribution >= 0.6 is 0 Å². The lowest BCUT2D eigenvalue weighted by atomic mass is 10.2. The number of anilines is 1. The number of fused-ring (bicyclic) bond motifs is 3. The Kier molecular flexibility index (Phi) is 4.26. The average Bonchev–Trinajstić information content (AvgIpc) is 3.08. The van der Waals surface area contributed by atoms with E-state index in [1.54, 1.807) is 48.9 Å². The number of carbonyl (C=O) groups is 1. The summed E-state index contributed by atoms with van der Waals surface area (Å²) in [5, 5.41) is 10.8. The van der Waals surface area contributed by atoms with Gasteiger partial charge < -0.3 is 10.1 Å². The number of nitrogens with one attached hydrogen (secondary N) is 1. The van der Waals surface area contributed by atoms with Crippen LogP contribution in [-0.2, 0) is 11.3 Å². The smallest absolute Gasteiger partial charge is 0.297 e. The van der Waals surface area contributed by atoms with Gasteiger partial charge in [0.25, 0.3) is 5.56 Å². The van der Waals surface area contributed by atoms with Crippen LogP contribution in [0.25, 0.3) is 16.8 Å². The number of methoxy groups -OCH3 is 1. The summed E-state index contributed by atoms with van der Waals surface area (Å²) in [7, 11) is 1.58. The minimum Gasteiger partial charge on any atom is -0.497 e. The van der Waals surface area contributed by atoms with Crippen molar-refractivity contribution in [1.29, 1.82) is 0 Å². The highest BCUT2D eigenvalue weighted by molar-refractivity contribution is 5.92. The monoisotopic (exact) mass is 378 g/mol. The van der Waals surface area contributed by atoms with Gasteiger partial charge in [-0.1, -0.05) is 0 Å². The SMILES string of the molecule is COc1ccc(NC(=O)Cn2c(=O)c3nnc(C)n3c3ncccc32)c(C)c1. The Morgan fingerprint density at radius 2 is 2.00 bits per heavy atom. The zero-order valence-electron chi connectivity index (χ0n) is 15.6. The van der Waals surface area contributed by atoms with Crippen LogP contribution in [0.2, 0.25) is 0 Å². The molecule has 1 N–H and O–H groups in total. The van der Waals surface area contributed by atoms with Crippen molar-refractivity contribution in [3.63, 3.8) is 0 Å². The molecule has 9 nitrogen and oxygen atoms in total. The summed E-state index contributed by atoms with van der Waals surface area (Å²) in [5.74, 6) is 0.929. The van der Waals surface area contributed by atoms with E-state index in [9.17, 15) is 9.59 Å². The van der Waals surface area contributed by atoms with Gasteiger partial charge in [0.05, 0.1) is 12.6 Å². The van der Waals surface area contributed by atoms with Gasteiger partial charge in [0.2, 0.25) is 11.6 Å². The van der Waals surface area contributed by atoms with E-state index < -0.39 is 5.56 Å². The molecule has 1 aromatic carbocycles. The molecule has 0 saturated heterocycles. The number of carbonyl (C=O) groups excluding carboxylic acids is 1. The molecule has 0 aliphatic carbocycles. The van der Waals surface area contributed by atoms with Gasteiger partial charge in [0.15, 0.2) is 5.65 Å². The summed E-state index contributed by atoms with van der Waals surface area (Å²) < 4.78 is 8.14. The van der Waals surface area contributed by atoms with Crippen LogP contribution in [0.1, 0.15) is 11.4 Å². The zero-order valence-corrected chi connectivity index (χ0v) is 15.6. The maximum atomic E-state index is 12.9. The van der Waals surface area contributed by atoms with Crippen molar-refractivity contribution in [2.45, 2.75) is 20.4 Å². The van der Waals surface area contributed by atoms with Crippen LogP contribution < -0.4 is 15.6 Å². The third-order valence-corrected chi connectivity index (χ3v) is 4.54. The van der Waals surface area contributed by atoms with Crippen LogP contribution in [0.3, 0.4) is 0 Å². The first kappa shape index (κ1) is 17.7. The molecular formula is C19H18N6O3. The van der Waals surface area contributed by atoms with E-state index in [2.05, 4.69) is 20.5 Å². The standard InChI is InChI=1S/C19H18N6O3/c1-11-9-13(28-3)6-7-14(11)21-16(26)10-24-15-5-4-8-20-17(15)25-12(2)22-23-18(25)19(24)27/h4-9H,10H2,1-3H3,(H,21,26). The van der Waals surface area contributed by atoms with Gasteiger partial charge in [-0.2, -0.15) is 0 Å². The van der Waals surface area contributed by atoms with Crippen LogP contribution in [-0.4, -0.2) is 37.2 Å². The maximum Gasteiger partial charge on any atom is 0.297 e. The normalized spacial score (nSPS) is 11.1. The summed E-state index contributed by atoms with van der Waals surface area (Å²) in [4.78, 5) is 29.9. The number of nitrogens with zero attached hydrogens (tertiary/aromatic N) is 5. The fraction of sp³-hybridized carbons (Fsp3) is 0.211. The number of aryl methyl sites for hydroxylation is 2. The Balaban J connectivity index is 1.74. The summed E-state index contributed by atoms with van der Waals surface area (Å²) in [5.41, 5.74) is 2.30. The van der Waals surface area contributed by atoms with Gasteiger partial charge in [0.1, 0.15) is 18.1 Å². The minimum atomic E-state index is -0.400. The maximum absolute atomic E-state index is 12.9. The van der Waals surface area contributed by atoms with E-state index in [-0.39, 0.29) is 18.1 Å². The van der Waals surface area contributed by atoms with Gasteiger partial charge in [-0.15, -0.1) is 10.2 Å². The summed E-state index contributed by atoms with van der Waals surface area (Å²) in [6.07, 6.45) is 1.62. The number of aromatic nitrogens is 5. The van der Waals surface area contributed by atoms with E-state index in [1.165, 1.54) is 4.57 Å². The van der Waals surface area contributed by atoms with Crippen molar-refractivity contribution in [1.82, 2.24) is 24.1 Å². The molecule has 0 bridgehead atoms. The second kappa shape index (κ2) is 6.76. The number of hydrogen-bond acceptors (Lipinski definition) is 6. The Bertz CT molecular complexity index is 1270. The largest absolute Gasteiger partial charge is 0.497 e. The van der Waals surface area contributed by atoms with Crippen molar-refractivity contribution in [3.05, 3.63) is 58.3 Å². The van der Waals surface area contributed by atoms with Gasteiger partial charge >= 0.3 is 0 Å². The van der Waals surface area contributed by atoms with Crippen molar-refractivity contribution in [2.24, 2.45) is 0 Å². The van der Waals surface area contributed by atoms with Crippen molar-refractivity contribution >= 4 is 28.4 Å². The molecule has 9 heteroatoms. The molecule has 0 aliphatic heterocycles. The van der Waals surface area contributed by atoms with Crippen molar-refractivity contribution in [3.8, 4) is 5.75 Å². The van der Waals surface area contributed by atoms with Gasteiger partial charge in [-0.05, 0) is 49.7 Å². The third kappa shape index (κ3) is 2.86. The molecule has 4 rings (SSSR count). The summed E-state index contributed by atoms with van der Waals surface area (Å²) in [6, 6.07) is 8.81. The molecule has 3 heterocycles. The van der Waals surface area contributed by atoms with Crippen LogP contribution in [0.5, 0.6) is 5.75 Å². The Morgan fingerprint density at radius 1 is 1.18 bits per heavy atom. The van der Waals surface area contributed by atoms with Crippen LogP contribution in [0.4, 0.5) is 5.69 Å². The molecule has 142 valence electrons. The highest BCUT2D eigenvalue weighted by Gasteiger charge is 2.17. The van der Waals surface area contributed by atoms with E-state index in [4.69, 9.17) is 4.74 Å². The molecule has 0 aliphatic rings. The Hall–Kier alpha value is -3.75. The fourth-order valence-electron chi connectivity index (χ4n) is 3.15. The quantitative estimate of drug-likeness (QED) is 0.580. The lowest BCUT2D eigenvalue weighted by molar-refractivity contribution is -0.116. The minimum absolute atomic E-state index is 0.136. The number of benzene rings is 1. The third-order valence-electron chi connectivity index (χ3n) is 4.54. The second-order valence-corrected chi connectivity index (χ2v) is 6.37. The highest BCUT2D eigenvalue weighted by atomic mass is 16.5. The summed E-state index contributed by atoms with van der Waals surface area (Å²) in [6.45, 7) is 3.45. The molecule has 1 amide bonds. The van der Waals surface area contributed by atoms with Gasteiger partial charge in [0, 0.05) is 11.9 Å². The fourth-order valence-corrected chi connectivity index (χ4v) is 3.15. The average molecular weight is 378 g/mol. The topological polar surface area (TPSA) is 103 Å². The van der Waals surface area contributed by atoms with Gasteiger partial charge in [-0.3, -0.25) is 18.6 Å². The molecule has 0 atom stereocenters.